The fraction of sp³-hybridized carbons (Fsp3) is 0.231. The van der Waals surface area contributed by atoms with E-state index < -0.39 is 0 Å². The van der Waals surface area contributed by atoms with Crippen LogP contribution in [-0.2, 0) is 0 Å². The number of hydrogen-bond acceptors (Lipinski definition) is 3. The van der Waals surface area contributed by atoms with Gasteiger partial charge < -0.3 is 0 Å². The highest BCUT2D eigenvalue weighted by atomic mass is 32.1. The number of nitrogens with zero attached hydrogens (tertiary/aromatic N) is 1. The first-order valence-electron chi connectivity index (χ1n) is 5.12. The van der Waals surface area contributed by atoms with Gasteiger partial charge in [0.1, 0.15) is 10.7 Å². The van der Waals surface area contributed by atoms with Gasteiger partial charge in [0.05, 0.1) is 0 Å². The molecule has 0 amide bonds. The monoisotopic (exact) mass is 231 g/mol. The fourth-order valence-electron chi connectivity index (χ4n) is 1.54. The molecule has 2 rings (SSSR count). The molecule has 0 spiro atoms. The fourth-order valence-corrected chi connectivity index (χ4v) is 2.48. The summed E-state index contributed by atoms with van der Waals surface area (Å²) in [5.74, 6) is 0.0211. The molecule has 0 fully saturated rings. The zero-order valence-corrected chi connectivity index (χ0v) is 10.4. The summed E-state index contributed by atoms with van der Waals surface area (Å²) < 4.78 is 0. The number of hydrogen-bond donors (Lipinski definition) is 0. The van der Waals surface area contributed by atoms with Gasteiger partial charge in [-0.25, -0.2) is 4.98 Å². The van der Waals surface area contributed by atoms with E-state index in [0.29, 0.717) is 5.69 Å². The van der Waals surface area contributed by atoms with Crippen LogP contribution in [0.5, 0.6) is 0 Å². The van der Waals surface area contributed by atoms with Gasteiger partial charge in [-0.1, -0.05) is 18.2 Å². The number of ketones is 1. The van der Waals surface area contributed by atoms with E-state index >= 15 is 0 Å². The molecular formula is C13H13NOS. The standard InChI is InChI=1S/C13H13NOS/c1-8-5-4-6-11(9(8)2)13-14-12(7-16-13)10(3)15/h4-7H,1-3H3. The molecule has 82 valence electrons. The molecule has 3 heteroatoms. The molecule has 16 heavy (non-hydrogen) atoms. The molecule has 0 radical (unpaired) electrons. The molecule has 0 atom stereocenters. The van der Waals surface area contributed by atoms with Crippen molar-refractivity contribution in [2.75, 3.05) is 0 Å². The first kappa shape index (κ1) is 11.0. The Hall–Kier alpha value is -1.48. The minimum absolute atomic E-state index is 0.0211. The van der Waals surface area contributed by atoms with Crippen molar-refractivity contribution in [1.29, 1.82) is 0 Å². The second-order valence-corrected chi connectivity index (χ2v) is 4.70. The van der Waals surface area contributed by atoms with E-state index in [-0.39, 0.29) is 5.78 Å². The van der Waals surface area contributed by atoms with Crippen LogP contribution in [0.1, 0.15) is 28.5 Å². The Labute approximate surface area is 99.0 Å². The maximum absolute atomic E-state index is 11.2. The van der Waals surface area contributed by atoms with E-state index in [2.05, 4.69) is 24.9 Å². The van der Waals surface area contributed by atoms with E-state index in [1.165, 1.54) is 22.5 Å². The van der Waals surface area contributed by atoms with E-state index in [1.54, 1.807) is 6.92 Å². The summed E-state index contributed by atoms with van der Waals surface area (Å²) in [6.45, 7) is 5.71. The average molecular weight is 231 g/mol. The smallest absolute Gasteiger partial charge is 0.178 e. The topological polar surface area (TPSA) is 30.0 Å². The Morgan fingerprint density at radius 2 is 2.06 bits per heavy atom. The van der Waals surface area contributed by atoms with Crippen LogP contribution in [0.3, 0.4) is 0 Å². The number of benzene rings is 1. The molecule has 0 saturated carbocycles. The molecular weight excluding hydrogens is 218 g/mol. The zero-order chi connectivity index (χ0) is 11.7. The Bertz CT molecular complexity index is 543. The van der Waals surface area contributed by atoms with Gasteiger partial charge in [0.2, 0.25) is 0 Å². The van der Waals surface area contributed by atoms with Gasteiger partial charge >= 0.3 is 0 Å². The average Bonchev–Trinajstić information content (AvgIpc) is 2.71. The molecule has 0 bridgehead atoms. The van der Waals surface area contributed by atoms with Crippen LogP contribution in [0.2, 0.25) is 0 Å². The van der Waals surface area contributed by atoms with E-state index in [9.17, 15) is 4.79 Å². The number of Topliss-reactive ketones (excluding diaryl/α,β-unsaturated/α-hetero) is 1. The van der Waals surface area contributed by atoms with Crippen molar-refractivity contribution in [1.82, 2.24) is 4.98 Å². The van der Waals surface area contributed by atoms with Crippen LogP contribution >= 0.6 is 11.3 Å². The van der Waals surface area contributed by atoms with E-state index in [1.807, 2.05) is 17.5 Å². The second kappa shape index (κ2) is 4.18. The lowest BCUT2D eigenvalue weighted by molar-refractivity contribution is 0.101. The molecule has 0 aliphatic heterocycles. The largest absolute Gasteiger partial charge is 0.293 e. The van der Waals surface area contributed by atoms with Crippen LogP contribution in [0.4, 0.5) is 0 Å². The Morgan fingerprint density at radius 1 is 1.31 bits per heavy atom. The van der Waals surface area contributed by atoms with Crippen molar-refractivity contribution < 1.29 is 4.79 Å². The SMILES string of the molecule is CC(=O)c1csc(-c2cccc(C)c2C)n1. The number of aromatic nitrogens is 1. The first-order valence-corrected chi connectivity index (χ1v) is 6.00. The Balaban J connectivity index is 2.50. The highest BCUT2D eigenvalue weighted by molar-refractivity contribution is 7.13. The lowest BCUT2D eigenvalue weighted by Crippen LogP contribution is -1.92. The lowest BCUT2D eigenvalue weighted by atomic mass is 10.0. The molecule has 1 heterocycles. The quantitative estimate of drug-likeness (QED) is 0.739. The highest BCUT2D eigenvalue weighted by Gasteiger charge is 2.10. The Kier molecular flexibility index (Phi) is 2.88. The third kappa shape index (κ3) is 1.91. The number of aryl methyl sites for hydroxylation is 1. The van der Waals surface area contributed by atoms with Crippen LogP contribution in [0.25, 0.3) is 10.6 Å². The summed E-state index contributed by atoms with van der Waals surface area (Å²) in [6.07, 6.45) is 0. The van der Waals surface area contributed by atoms with Crippen LogP contribution in [0, 0.1) is 13.8 Å². The van der Waals surface area contributed by atoms with Crippen molar-refractivity contribution in [2.45, 2.75) is 20.8 Å². The van der Waals surface area contributed by atoms with Gasteiger partial charge in [-0.15, -0.1) is 11.3 Å². The summed E-state index contributed by atoms with van der Waals surface area (Å²) in [4.78, 5) is 15.5. The third-order valence-corrected chi connectivity index (χ3v) is 3.58. The summed E-state index contributed by atoms with van der Waals surface area (Å²) in [5.41, 5.74) is 4.16. The molecule has 0 N–H and O–H groups in total. The molecule has 0 saturated heterocycles. The summed E-state index contributed by atoms with van der Waals surface area (Å²) in [6, 6.07) is 6.15. The van der Waals surface area contributed by atoms with Crippen molar-refractivity contribution in [3.63, 3.8) is 0 Å². The van der Waals surface area contributed by atoms with Gasteiger partial charge in [0, 0.05) is 17.9 Å². The molecule has 1 aromatic carbocycles. The van der Waals surface area contributed by atoms with Gasteiger partial charge in [0.25, 0.3) is 0 Å². The molecule has 2 nitrogen and oxygen atoms in total. The number of carbonyl (C=O) groups is 1. The predicted molar refractivity (Wildman–Crippen MR) is 67.0 cm³/mol. The molecule has 1 aromatic heterocycles. The van der Waals surface area contributed by atoms with Gasteiger partial charge in [-0.2, -0.15) is 0 Å². The van der Waals surface area contributed by atoms with E-state index in [4.69, 9.17) is 0 Å². The predicted octanol–water partition coefficient (Wildman–Crippen LogP) is 3.63. The van der Waals surface area contributed by atoms with Gasteiger partial charge in [0.15, 0.2) is 5.78 Å². The minimum atomic E-state index is 0.0211. The van der Waals surface area contributed by atoms with Gasteiger partial charge in [-0.05, 0) is 25.0 Å². The van der Waals surface area contributed by atoms with Crippen molar-refractivity contribution >= 4 is 17.1 Å². The normalized spacial score (nSPS) is 10.4. The maximum atomic E-state index is 11.2. The minimum Gasteiger partial charge on any atom is -0.293 e. The second-order valence-electron chi connectivity index (χ2n) is 3.84. The third-order valence-electron chi connectivity index (χ3n) is 2.70. The molecule has 0 aliphatic carbocycles. The number of rotatable bonds is 2. The maximum Gasteiger partial charge on any atom is 0.178 e. The molecule has 0 aliphatic rings. The first-order chi connectivity index (χ1) is 7.59. The van der Waals surface area contributed by atoms with Crippen molar-refractivity contribution in [3.05, 3.63) is 40.4 Å². The molecule has 0 unspecified atom stereocenters. The van der Waals surface area contributed by atoms with Gasteiger partial charge in [-0.3, -0.25) is 4.79 Å². The Morgan fingerprint density at radius 3 is 2.69 bits per heavy atom. The highest BCUT2D eigenvalue weighted by Crippen LogP contribution is 2.28. The number of carbonyl (C=O) groups excluding carboxylic acids is 1. The van der Waals surface area contributed by atoms with Crippen molar-refractivity contribution in [2.24, 2.45) is 0 Å². The summed E-state index contributed by atoms with van der Waals surface area (Å²) in [7, 11) is 0. The van der Waals surface area contributed by atoms with E-state index in [0.717, 1.165) is 10.6 Å². The lowest BCUT2D eigenvalue weighted by Gasteiger charge is -2.04. The van der Waals surface area contributed by atoms with Crippen molar-refractivity contribution in [3.8, 4) is 10.6 Å². The summed E-state index contributed by atoms with van der Waals surface area (Å²) >= 11 is 1.52. The number of thiazole rings is 1. The van der Waals surface area contributed by atoms with Crippen LogP contribution < -0.4 is 0 Å². The van der Waals surface area contributed by atoms with Crippen LogP contribution in [-0.4, -0.2) is 10.8 Å². The summed E-state index contributed by atoms with van der Waals surface area (Å²) in [5, 5.41) is 2.74. The van der Waals surface area contributed by atoms with Crippen LogP contribution in [0.15, 0.2) is 23.6 Å². The molecule has 2 aromatic rings. The zero-order valence-electron chi connectivity index (χ0n) is 9.57.